The average Bonchev–Trinajstić information content (AvgIpc) is 3.22. The van der Waals surface area contributed by atoms with Crippen LogP contribution in [0.3, 0.4) is 0 Å². The van der Waals surface area contributed by atoms with Gasteiger partial charge in [-0.2, -0.15) is 0 Å². The zero-order valence-corrected chi connectivity index (χ0v) is 12.7. The minimum atomic E-state index is -1.16. The van der Waals surface area contributed by atoms with Crippen LogP contribution in [-0.2, 0) is 9.53 Å². The number of hydrogen-bond acceptors (Lipinski definition) is 7. The number of carbonyl (C=O) groups excluding carboxylic acids is 1. The van der Waals surface area contributed by atoms with E-state index in [-0.39, 0.29) is 13.2 Å². The Labute approximate surface area is 134 Å². The Hall–Kier alpha value is -1.87. The first-order valence-electron chi connectivity index (χ1n) is 7.48. The Bertz CT molecular complexity index is 499. The lowest BCUT2D eigenvalue weighted by Crippen LogP contribution is -2.43. The van der Waals surface area contributed by atoms with Gasteiger partial charge in [0, 0.05) is 18.3 Å². The molecule has 128 valence electrons. The van der Waals surface area contributed by atoms with Gasteiger partial charge in [-0.1, -0.05) is 12.2 Å². The van der Waals surface area contributed by atoms with Gasteiger partial charge in [-0.05, 0) is 18.7 Å². The van der Waals surface area contributed by atoms with Crippen molar-refractivity contribution in [2.24, 2.45) is 5.73 Å². The molecule has 3 rings (SSSR count). The number of nitrogens with two attached hydrogens (primary N) is 1. The standard InChI is InChI=1S/C11H16N2O5.C4H7N/c12-10(17)6-2-1-3-13(4-6)11-9(16)8(15)7(5-14)18-11;1-2-4-5-3-1/h1-3,7-9,11,14-16H,4-5H2,(H2,12,17);1,3,5H,2,4H2/t7-,8-,9-,11-;/m1./s1. The molecule has 0 radical (unpaired) electrons. The van der Waals surface area contributed by atoms with E-state index in [2.05, 4.69) is 11.4 Å². The molecule has 0 bridgehead atoms. The van der Waals surface area contributed by atoms with Crippen LogP contribution in [0.25, 0.3) is 0 Å². The van der Waals surface area contributed by atoms with Gasteiger partial charge >= 0.3 is 0 Å². The smallest absolute Gasteiger partial charge is 0.246 e. The lowest BCUT2D eigenvalue weighted by atomic mass is 10.1. The van der Waals surface area contributed by atoms with E-state index in [1.807, 2.05) is 6.20 Å². The number of hydrogen-bond donors (Lipinski definition) is 5. The van der Waals surface area contributed by atoms with Crippen molar-refractivity contribution in [2.45, 2.75) is 31.0 Å². The maximum Gasteiger partial charge on any atom is 0.246 e. The van der Waals surface area contributed by atoms with Crippen molar-refractivity contribution in [3.63, 3.8) is 0 Å². The molecular weight excluding hydrogens is 302 g/mol. The number of carbonyl (C=O) groups is 1. The highest BCUT2D eigenvalue weighted by molar-refractivity contribution is 5.92. The molecule has 0 aliphatic carbocycles. The molecule has 3 aliphatic heterocycles. The van der Waals surface area contributed by atoms with Gasteiger partial charge in [0.1, 0.15) is 18.3 Å². The highest BCUT2D eigenvalue weighted by atomic mass is 16.6. The molecule has 6 N–H and O–H groups in total. The molecule has 1 saturated heterocycles. The van der Waals surface area contributed by atoms with Gasteiger partial charge in [0.05, 0.1) is 13.2 Å². The first-order valence-corrected chi connectivity index (χ1v) is 7.48. The number of primary amides is 1. The van der Waals surface area contributed by atoms with Crippen LogP contribution in [0.5, 0.6) is 0 Å². The lowest BCUT2D eigenvalue weighted by Gasteiger charge is -2.31. The summed E-state index contributed by atoms with van der Waals surface area (Å²) in [5.74, 6) is -0.545. The van der Waals surface area contributed by atoms with Gasteiger partial charge in [0.25, 0.3) is 0 Å². The maximum atomic E-state index is 11.1. The van der Waals surface area contributed by atoms with Crippen molar-refractivity contribution in [2.75, 3.05) is 19.7 Å². The summed E-state index contributed by atoms with van der Waals surface area (Å²) >= 11 is 0. The molecule has 8 heteroatoms. The highest BCUT2D eigenvalue weighted by Crippen LogP contribution is 2.25. The number of nitrogens with one attached hydrogen (secondary N) is 1. The van der Waals surface area contributed by atoms with Crippen LogP contribution in [0, 0.1) is 0 Å². The third-order valence-electron chi connectivity index (χ3n) is 3.78. The fourth-order valence-corrected chi connectivity index (χ4v) is 2.48. The van der Waals surface area contributed by atoms with Crippen LogP contribution < -0.4 is 11.1 Å². The summed E-state index contributed by atoms with van der Waals surface area (Å²) in [7, 11) is 0. The Balaban J connectivity index is 0.000000326. The van der Waals surface area contributed by atoms with Crippen molar-refractivity contribution in [3.05, 3.63) is 36.2 Å². The predicted octanol–water partition coefficient (Wildman–Crippen LogP) is -1.84. The van der Waals surface area contributed by atoms with Crippen molar-refractivity contribution in [1.82, 2.24) is 10.2 Å². The Morgan fingerprint density at radius 1 is 1.43 bits per heavy atom. The largest absolute Gasteiger partial charge is 0.394 e. The molecule has 0 spiro atoms. The van der Waals surface area contributed by atoms with Gasteiger partial charge < -0.3 is 36.0 Å². The molecule has 0 aromatic rings. The SMILES string of the molecule is C1=CNCC1.NC(=O)C1=CC=CN([C@@H]2O[C@H](CO)[C@@H](O)[C@H]2O)C1. The molecule has 23 heavy (non-hydrogen) atoms. The second-order valence-corrected chi connectivity index (χ2v) is 5.44. The van der Waals surface area contributed by atoms with Gasteiger partial charge in [-0.3, -0.25) is 4.79 Å². The van der Waals surface area contributed by atoms with E-state index in [4.69, 9.17) is 15.6 Å². The number of aliphatic hydroxyl groups is 3. The van der Waals surface area contributed by atoms with E-state index < -0.39 is 30.4 Å². The third kappa shape index (κ3) is 4.32. The van der Waals surface area contributed by atoms with Crippen molar-refractivity contribution in [1.29, 1.82) is 0 Å². The summed E-state index contributed by atoms with van der Waals surface area (Å²) in [6, 6.07) is 0. The molecule has 0 unspecified atom stereocenters. The Morgan fingerprint density at radius 2 is 2.22 bits per heavy atom. The summed E-state index contributed by atoms with van der Waals surface area (Å²) in [5, 5.41) is 31.5. The van der Waals surface area contributed by atoms with E-state index in [1.54, 1.807) is 23.3 Å². The molecule has 8 nitrogen and oxygen atoms in total. The molecule has 4 atom stereocenters. The van der Waals surface area contributed by atoms with Crippen LogP contribution in [0.4, 0.5) is 0 Å². The number of amides is 1. The van der Waals surface area contributed by atoms with Gasteiger partial charge in [0.2, 0.25) is 5.91 Å². The van der Waals surface area contributed by atoms with Crippen LogP contribution >= 0.6 is 0 Å². The number of rotatable bonds is 3. The predicted molar refractivity (Wildman–Crippen MR) is 82.6 cm³/mol. The second kappa shape index (κ2) is 8.11. The average molecular weight is 325 g/mol. The van der Waals surface area contributed by atoms with Crippen LogP contribution in [-0.4, -0.2) is 70.4 Å². The third-order valence-corrected chi connectivity index (χ3v) is 3.78. The minimum absolute atomic E-state index is 0.193. The normalized spacial score (nSPS) is 32.1. The molecule has 3 heterocycles. The van der Waals surface area contributed by atoms with Crippen molar-refractivity contribution >= 4 is 5.91 Å². The number of nitrogens with zero attached hydrogens (tertiary/aromatic N) is 1. The fourth-order valence-electron chi connectivity index (χ4n) is 2.48. The first-order chi connectivity index (χ1) is 11.0. The summed E-state index contributed by atoms with van der Waals surface area (Å²) in [6.07, 6.45) is 6.19. The molecule has 1 fully saturated rings. The fraction of sp³-hybridized carbons (Fsp3) is 0.533. The number of allylic oxidation sites excluding steroid dienone is 2. The van der Waals surface area contributed by atoms with Crippen molar-refractivity contribution in [3.8, 4) is 0 Å². The lowest BCUT2D eigenvalue weighted by molar-refractivity contribution is -0.115. The molecule has 1 amide bonds. The van der Waals surface area contributed by atoms with Crippen LogP contribution in [0.1, 0.15) is 6.42 Å². The number of aliphatic hydroxyl groups excluding tert-OH is 3. The molecular formula is C15H23N3O5. The maximum absolute atomic E-state index is 11.1. The quantitative estimate of drug-likeness (QED) is 0.412. The molecule has 0 aromatic heterocycles. The van der Waals surface area contributed by atoms with Gasteiger partial charge in [0.15, 0.2) is 6.23 Å². The first kappa shape index (κ1) is 17.5. The van der Waals surface area contributed by atoms with Crippen LogP contribution in [0.2, 0.25) is 0 Å². The van der Waals surface area contributed by atoms with E-state index in [1.165, 1.54) is 6.42 Å². The molecule has 3 aliphatic rings. The van der Waals surface area contributed by atoms with Crippen molar-refractivity contribution < 1.29 is 24.9 Å². The summed E-state index contributed by atoms with van der Waals surface area (Å²) < 4.78 is 5.35. The zero-order chi connectivity index (χ0) is 16.8. The molecule has 0 saturated carbocycles. The Kier molecular flexibility index (Phi) is 6.17. The Morgan fingerprint density at radius 3 is 2.70 bits per heavy atom. The van der Waals surface area contributed by atoms with E-state index in [0.717, 1.165) is 6.54 Å². The van der Waals surface area contributed by atoms with E-state index in [0.29, 0.717) is 5.57 Å². The minimum Gasteiger partial charge on any atom is -0.394 e. The molecule has 0 aromatic carbocycles. The summed E-state index contributed by atoms with van der Waals surface area (Å²) in [4.78, 5) is 12.6. The second-order valence-electron chi connectivity index (χ2n) is 5.44. The van der Waals surface area contributed by atoms with Gasteiger partial charge in [-0.15, -0.1) is 0 Å². The summed E-state index contributed by atoms with van der Waals surface area (Å²) in [5.41, 5.74) is 5.57. The van der Waals surface area contributed by atoms with Gasteiger partial charge in [-0.25, -0.2) is 0 Å². The monoisotopic (exact) mass is 325 g/mol. The number of ether oxygens (including phenoxy) is 1. The van der Waals surface area contributed by atoms with E-state index in [9.17, 15) is 15.0 Å². The van der Waals surface area contributed by atoms with Crippen LogP contribution in [0.15, 0.2) is 36.2 Å². The highest BCUT2D eigenvalue weighted by Gasteiger charge is 2.44. The zero-order valence-electron chi connectivity index (χ0n) is 12.7. The van der Waals surface area contributed by atoms with E-state index >= 15 is 0 Å². The summed E-state index contributed by atoms with van der Waals surface area (Å²) in [6.45, 7) is 0.948. The topological polar surface area (TPSA) is 128 Å².